The molecule has 6 heteroatoms. The molecule has 1 aromatic heterocycles. The zero-order chi connectivity index (χ0) is 10.9. The molecule has 15 heavy (non-hydrogen) atoms. The fraction of sp³-hybridized carbons (Fsp3) is 0.111. The minimum absolute atomic E-state index is 0.0255. The molecule has 2 rings (SSSR count). The van der Waals surface area contributed by atoms with Gasteiger partial charge in [0.1, 0.15) is 12.7 Å². The number of halogens is 3. The van der Waals surface area contributed by atoms with Gasteiger partial charge in [0.25, 0.3) is 0 Å². The van der Waals surface area contributed by atoms with E-state index in [-0.39, 0.29) is 5.69 Å². The molecule has 0 saturated carbocycles. The van der Waals surface area contributed by atoms with Gasteiger partial charge in [0, 0.05) is 0 Å². The molecule has 0 radical (unpaired) electrons. The van der Waals surface area contributed by atoms with Crippen molar-refractivity contribution in [1.29, 1.82) is 0 Å². The summed E-state index contributed by atoms with van der Waals surface area (Å²) in [4.78, 5) is 3.61. The van der Waals surface area contributed by atoms with Crippen LogP contribution in [0.15, 0.2) is 36.9 Å². The average molecular weight is 213 g/mol. The number of hydrogen-bond acceptors (Lipinski definition) is 2. The molecule has 0 bridgehead atoms. The highest BCUT2D eigenvalue weighted by atomic mass is 19.4. The van der Waals surface area contributed by atoms with Gasteiger partial charge in [0.2, 0.25) is 0 Å². The van der Waals surface area contributed by atoms with Crippen molar-refractivity contribution in [2.24, 2.45) is 0 Å². The molecule has 0 N–H and O–H groups in total. The molecule has 0 fully saturated rings. The number of nitrogens with zero attached hydrogens (tertiary/aromatic N) is 3. The lowest BCUT2D eigenvalue weighted by molar-refractivity contribution is -0.137. The Morgan fingerprint density at radius 1 is 1.13 bits per heavy atom. The van der Waals surface area contributed by atoms with Crippen LogP contribution in [-0.4, -0.2) is 14.8 Å². The van der Waals surface area contributed by atoms with Gasteiger partial charge in [-0.05, 0) is 12.1 Å². The first kappa shape index (κ1) is 9.70. The molecule has 0 atom stereocenters. The second-order valence-electron chi connectivity index (χ2n) is 2.85. The van der Waals surface area contributed by atoms with E-state index >= 15 is 0 Å². The van der Waals surface area contributed by atoms with Crippen LogP contribution in [0, 0.1) is 0 Å². The Kier molecular flexibility index (Phi) is 2.18. The molecule has 0 aliphatic carbocycles. The van der Waals surface area contributed by atoms with Gasteiger partial charge < -0.3 is 0 Å². The fourth-order valence-electron chi connectivity index (χ4n) is 1.25. The van der Waals surface area contributed by atoms with Crippen LogP contribution in [-0.2, 0) is 6.18 Å². The number of hydrogen-bond donors (Lipinski definition) is 0. The normalized spacial score (nSPS) is 11.7. The van der Waals surface area contributed by atoms with Crippen molar-refractivity contribution in [2.75, 3.05) is 0 Å². The molecule has 0 spiro atoms. The summed E-state index contributed by atoms with van der Waals surface area (Å²) in [6.07, 6.45) is -1.97. The summed E-state index contributed by atoms with van der Waals surface area (Å²) in [6.45, 7) is 0. The molecule has 1 heterocycles. The second-order valence-corrected chi connectivity index (χ2v) is 2.85. The predicted octanol–water partition coefficient (Wildman–Crippen LogP) is 2.29. The van der Waals surface area contributed by atoms with Gasteiger partial charge in [-0.2, -0.15) is 18.3 Å². The fourth-order valence-corrected chi connectivity index (χ4v) is 1.25. The molecule has 0 aliphatic rings. The molecule has 3 nitrogen and oxygen atoms in total. The Bertz CT molecular complexity index is 448. The first-order valence-electron chi connectivity index (χ1n) is 4.10. The van der Waals surface area contributed by atoms with Crippen LogP contribution in [0.4, 0.5) is 13.2 Å². The van der Waals surface area contributed by atoms with Crippen LogP contribution in [0.2, 0.25) is 0 Å². The largest absolute Gasteiger partial charge is 0.418 e. The van der Waals surface area contributed by atoms with Gasteiger partial charge in [-0.25, -0.2) is 9.67 Å². The highest BCUT2D eigenvalue weighted by Gasteiger charge is 2.33. The van der Waals surface area contributed by atoms with Gasteiger partial charge in [0.15, 0.2) is 0 Å². The third-order valence-electron chi connectivity index (χ3n) is 1.88. The van der Waals surface area contributed by atoms with Crippen molar-refractivity contribution in [3.8, 4) is 5.69 Å². The molecule has 78 valence electrons. The van der Waals surface area contributed by atoms with E-state index in [0.717, 1.165) is 10.7 Å². The van der Waals surface area contributed by atoms with E-state index in [4.69, 9.17) is 0 Å². The summed E-state index contributed by atoms with van der Waals surface area (Å²) in [5, 5.41) is 3.67. The summed E-state index contributed by atoms with van der Waals surface area (Å²) in [5.41, 5.74) is -0.752. The van der Waals surface area contributed by atoms with Crippen LogP contribution in [0.25, 0.3) is 5.69 Å². The van der Waals surface area contributed by atoms with Crippen LogP contribution >= 0.6 is 0 Å². The molecule has 0 aliphatic heterocycles. The average Bonchev–Trinajstić information content (AvgIpc) is 2.69. The number of benzene rings is 1. The van der Waals surface area contributed by atoms with Crippen LogP contribution in [0.3, 0.4) is 0 Å². The van der Waals surface area contributed by atoms with Crippen molar-refractivity contribution in [1.82, 2.24) is 14.8 Å². The first-order chi connectivity index (χ1) is 7.09. The van der Waals surface area contributed by atoms with Gasteiger partial charge in [-0.15, -0.1) is 0 Å². The van der Waals surface area contributed by atoms with E-state index in [9.17, 15) is 13.2 Å². The van der Waals surface area contributed by atoms with E-state index in [0.29, 0.717) is 0 Å². The van der Waals surface area contributed by atoms with E-state index in [1.807, 2.05) is 0 Å². The van der Waals surface area contributed by atoms with Crippen molar-refractivity contribution in [3.05, 3.63) is 42.5 Å². The van der Waals surface area contributed by atoms with E-state index in [2.05, 4.69) is 10.1 Å². The highest BCUT2D eigenvalue weighted by molar-refractivity contribution is 5.41. The third-order valence-corrected chi connectivity index (χ3v) is 1.88. The van der Waals surface area contributed by atoms with Gasteiger partial charge in [0.05, 0.1) is 11.3 Å². The number of rotatable bonds is 1. The standard InChI is InChI=1S/C9H6F3N3/c10-9(11,12)7-3-1-2-4-8(7)15-6-13-5-14-15/h1-6H. The lowest BCUT2D eigenvalue weighted by Crippen LogP contribution is -2.10. The maximum atomic E-state index is 12.6. The molecule has 0 amide bonds. The smallest absolute Gasteiger partial charge is 0.223 e. The third kappa shape index (κ3) is 1.83. The first-order valence-corrected chi connectivity index (χ1v) is 4.10. The highest BCUT2D eigenvalue weighted by Crippen LogP contribution is 2.33. The molecule has 0 unspecified atom stereocenters. The van der Waals surface area contributed by atoms with Crippen molar-refractivity contribution < 1.29 is 13.2 Å². The van der Waals surface area contributed by atoms with Gasteiger partial charge in [-0.1, -0.05) is 12.1 Å². The Morgan fingerprint density at radius 3 is 2.47 bits per heavy atom. The topological polar surface area (TPSA) is 30.7 Å². The summed E-state index contributed by atoms with van der Waals surface area (Å²) < 4.78 is 38.8. The van der Waals surface area contributed by atoms with Crippen molar-refractivity contribution in [3.63, 3.8) is 0 Å². The summed E-state index contributed by atoms with van der Waals surface area (Å²) in [7, 11) is 0. The Balaban J connectivity index is 2.58. The second kappa shape index (κ2) is 3.38. The number of aromatic nitrogens is 3. The maximum Gasteiger partial charge on any atom is 0.418 e. The number of para-hydroxylation sites is 1. The van der Waals surface area contributed by atoms with Crippen LogP contribution in [0.5, 0.6) is 0 Å². The minimum Gasteiger partial charge on any atom is -0.223 e. The lowest BCUT2D eigenvalue weighted by Gasteiger charge is -2.11. The van der Waals surface area contributed by atoms with Crippen LogP contribution < -0.4 is 0 Å². The van der Waals surface area contributed by atoms with Crippen LogP contribution in [0.1, 0.15) is 5.56 Å². The zero-order valence-electron chi connectivity index (χ0n) is 7.44. The Labute approximate surface area is 83.2 Å². The van der Waals surface area contributed by atoms with Crippen molar-refractivity contribution in [2.45, 2.75) is 6.18 Å². The quantitative estimate of drug-likeness (QED) is 0.727. The SMILES string of the molecule is FC(F)(F)c1ccccc1-n1cncn1. The number of alkyl halides is 3. The van der Waals surface area contributed by atoms with E-state index < -0.39 is 11.7 Å². The predicted molar refractivity (Wildman–Crippen MR) is 46.4 cm³/mol. The Hall–Kier alpha value is -1.85. The molecule has 1 aromatic carbocycles. The minimum atomic E-state index is -4.39. The summed E-state index contributed by atoms with van der Waals surface area (Å²) >= 11 is 0. The zero-order valence-corrected chi connectivity index (χ0v) is 7.44. The van der Waals surface area contributed by atoms with E-state index in [1.54, 1.807) is 0 Å². The molecule has 2 aromatic rings. The molecular weight excluding hydrogens is 207 g/mol. The van der Waals surface area contributed by atoms with Gasteiger partial charge in [-0.3, -0.25) is 0 Å². The monoisotopic (exact) mass is 213 g/mol. The van der Waals surface area contributed by atoms with Gasteiger partial charge >= 0.3 is 6.18 Å². The lowest BCUT2D eigenvalue weighted by atomic mass is 10.2. The summed E-state index contributed by atoms with van der Waals surface area (Å²) in [6, 6.07) is 5.21. The maximum absolute atomic E-state index is 12.6. The van der Waals surface area contributed by atoms with Crippen molar-refractivity contribution >= 4 is 0 Å². The molecule has 0 saturated heterocycles. The Morgan fingerprint density at radius 2 is 1.87 bits per heavy atom. The van der Waals surface area contributed by atoms with E-state index in [1.165, 1.54) is 30.9 Å². The molecular formula is C9H6F3N3. The summed E-state index contributed by atoms with van der Waals surface area (Å²) in [5.74, 6) is 0.